The van der Waals surface area contributed by atoms with Gasteiger partial charge in [0.1, 0.15) is 11.3 Å². The van der Waals surface area contributed by atoms with Gasteiger partial charge in [0, 0.05) is 38.7 Å². The highest BCUT2D eigenvalue weighted by Crippen LogP contribution is 2.37. The molecular weight excluding hydrogens is 659 g/mol. The zero-order chi connectivity index (χ0) is 35.3. The molecule has 0 saturated heterocycles. The van der Waals surface area contributed by atoms with E-state index in [2.05, 4.69) is 173 Å². The molecule has 5 nitrogen and oxygen atoms in total. The van der Waals surface area contributed by atoms with Crippen molar-refractivity contribution in [3.63, 3.8) is 0 Å². The molecule has 0 N–H and O–H groups in total. The second-order valence-electron chi connectivity index (χ2n) is 14.1. The molecule has 0 bridgehead atoms. The Hall–Kier alpha value is -7.37. The van der Waals surface area contributed by atoms with Crippen LogP contribution in [0, 0.1) is 0 Å². The van der Waals surface area contributed by atoms with Gasteiger partial charge in [0.25, 0.3) is 0 Å². The summed E-state index contributed by atoms with van der Waals surface area (Å²) in [5.41, 5.74) is 15.0. The third-order valence-corrected chi connectivity index (χ3v) is 11.1. The molecule has 0 aliphatic carbocycles. The molecule has 7 aromatic carbocycles. The van der Waals surface area contributed by atoms with Gasteiger partial charge in [-0.2, -0.15) is 0 Å². The predicted octanol–water partition coefficient (Wildman–Crippen LogP) is 12.3. The van der Waals surface area contributed by atoms with Crippen molar-refractivity contribution in [2.45, 2.75) is 0 Å². The van der Waals surface area contributed by atoms with Gasteiger partial charge in [0.2, 0.25) is 0 Å². The normalized spacial score (nSPS) is 12.1. The van der Waals surface area contributed by atoms with Crippen LogP contribution in [-0.4, -0.2) is 23.8 Å². The molecular formula is C49H29N5. The van der Waals surface area contributed by atoms with Gasteiger partial charge in [-0.15, -0.1) is 0 Å². The van der Waals surface area contributed by atoms with Gasteiger partial charge >= 0.3 is 0 Å². The summed E-state index contributed by atoms with van der Waals surface area (Å²) in [6.07, 6.45) is 2.02. The number of hydrogen-bond acceptors (Lipinski definition) is 3. The number of pyridine rings is 3. The number of benzene rings is 7. The Morgan fingerprint density at radius 3 is 1.43 bits per heavy atom. The smallest absolute Gasteiger partial charge is 0.146 e. The third-order valence-electron chi connectivity index (χ3n) is 11.1. The van der Waals surface area contributed by atoms with Gasteiger partial charge in [0.15, 0.2) is 0 Å². The van der Waals surface area contributed by atoms with Crippen LogP contribution in [-0.2, 0) is 0 Å². The largest absolute Gasteiger partial charge is 0.292 e. The molecule has 0 fully saturated rings. The molecule has 0 saturated carbocycles. The minimum Gasteiger partial charge on any atom is -0.292 e. The topological polar surface area (TPSA) is 47.5 Å². The van der Waals surface area contributed by atoms with E-state index < -0.39 is 0 Å². The average Bonchev–Trinajstić information content (AvgIpc) is 3.84. The first-order valence-corrected chi connectivity index (χ1v) is 18.3. The summed E-state index contributed by atoms with van der Waals surface area (Å²) < 4.78 is 4.59. The molecule has 0 radical (unpaired) electrons. The third kappa shape index (κ3) is 4.18. The Labute approximate surface area is 309 Å². The van der Waals surface area contributed by atoms with E-state index in [0.29, 0.717) is 0 Å². The van der Waals surface area contributed by atoms with E-state index in [1.165, 1.54) is 16.3 Å². The van der Waals surface area contributed by atoms with Crippen LogP contribution in [0.4, 0.5) is 0 Å². The molecule has 250 valence electrons. The SMILES string of the molecule is c1cc(-c2cccc(-c3cc4c(cn3)c3ccccc3n3c5ccccc5nc43)c2)cc(-c2ccc3c4ccccc4n4c5ccccc5nc4c3c2)c1. The van der Waals surface area contributed by atoms with Crippen LogP contribution in [0.5, 0.6) is 0 Å². The number of fused-ring (bicyclic) bond motifs is 16. The van der Waals surface area contributed by atoms with Crippen LogP contribution >= 0.6 is 0 Å². The van der Waals surface area contributed by atoms with Crippen LogP contribution in [0.2, 0.25) is 0 Å². The fraction of sp³-hybridized carbons (Fsp3) is 0. The van der Waals surface area contributed by atoms with Crippen LogP contribution in [0.15, 0.2) is 176 Å². The van der Waals surface area contributed by atoms with Crippen molar-refractivity contribution in [3.8, 4) is 33.5 Å². The maximum atomic E-state index is 5.15. The summed E-state index contributed by atoms with van der Waals surface area (Å²) >= 11 is 0. The van der Waals surface area contributed by atoms with E-state index in [4.69, 9.17) is 15.0 Å². The van der Waals surface area contributed by atoms with Crippen LogP contribution < -0.4 is 0 Å². The predicted molar refractivity (Wildman–Crippen MR) is 223 cm³/mol. The molecule has 0 amide bonds. The fourth-order valence-electron chi connectivity index (χ4n) is 8.59. The molecule has 54 heavy (non-hydrogen) atoms. The number of aromatic nitrogens is 5. The number of imidazole rings is 2. The molecule has 5 heteroatoms. The molecule has 12 rings (SSSR count). The lowest BCUT2D eigenvalue weighted by Crippen LogP contribution is -1.93. The molecule has 0 aliphatic heterocycles. The highest BCUT2D eigenvalue weighted by molar-refractivity contribution is 6.15. The van der Waals surface area contributed by atoms with E-state index in [9.17, 15) is 0 Å². The standard InChI is InChI=1S/C49H29N5/c1-5-19-44-36(15-1)35-24-23-33(27-38(35)48-51-41-17-3-7-21-46(41)53(44)48)31-12-9-11-30(25-31)32-13-10-14-34(26-32)43-28-39-40(29-50-43)37-16-2-6-20-45(37)54-47-22-8-4-18-42(47)52-49(39)54/h1-29H. The Morgan fingerprint density at radius 2 is 0.796 bits per heavy atom. The Kier molecular flexibility index (Phi) is 5.99. The molecule has 0 unspecified atom stereocenters. The average molecular weight is 688 g/mol. The van der Waals surface area contributed by atoms with Gasteiger partial charge in [-0.1, -0.05) is 109 Å². The zero-order valence-electron chi connectivity index (χ0n) is 29.0. The van der Waals surface area contributed by atoms with Crippen molar-refractivity contribution in [2.75, 3.05) is 0 Å². The molecule has 0 aliphatic rings. The van der Waals surface area contributed by atoms with Gasteiger partial charge in [-0.3, -0.25) is 13.8 Å². The summed E-state index contributed by atoms with van der Waals surface area (Å²) in [5, 5.41) is 6.92. The van der Waals surface area contributed by atoms with Gasteiger partial charge < -0.3 is 0 Å². The maximum Gasteiger partial charge on any atom is 0.146 e. The van der Waals surface area contributed by atoms with E-state index >= 15 is 0 Å². The Bertz CT molecular complexity index is 3280. The monoisotopic (exact) mass is 687 g/mol. The summed E-state index contributed by atoms with van der Waals surface area (Å²) in [6.45, 7) is 0. The summed E-state index contributed by atoms with van der Waals surface area (Å²) in [6, 6.07) is 60.5. The number of rotatable bonds is 3. The lowest BCUT2D eigenvalue weighted by atomic mass is 9.95. The van der Waals surface area contributed by atoms with E-state index in [1.54, 1.807) is 0 Å². The number of nitrogens with zero attached hydrogens (tertiary/aromatic N) is 5. The minimum absolute atomic E-state index is 0.919. The van der Waals surface area contributed by atoms with Crippen LogP contribution in [0.25, 0.3) is 110 Å². The lowest BCUT2D eigenvalue weighted by Gasteiger charge is -2.12. The highest BCUT2D eigenvalue weighted by atomic mass is 15.0. The minimum atomic E-state index is 0.919. The lowest BCUT2D eigenvalue weighted by molar-refractivity contribution is 1.30. The van der Waals surface area contributed by atoms with Crippen molar-refractivity contribution < 1.29 is 0 Å². The zero-order valence-corrected chi connectivity index (χ0v) is 29.0. The first kappa shape index (κ1) is 29.2. The van der Waals surface area contributed by atoms with Crippen molar-refractivity contribution in [2.24, 2.45) is 0 Å². The molecule has 0 spiro atoms. The van der Waals surface area contributed by atoms with E-state index in [0.717, 1.165) is 93.9 Å². The highest BCUT2D eigenvalue weighted by Gasteiger charge is 2.17. The van der Waals surface area contributed by atoms with E-state index in [-0.39, 0.29) is 0 Å². The molecule has 0 atom stereocenters. The van der Waals surface area contributed by atoms with Crippen LogP contribution in [0.3, 0.4) is 0 Å². The maximum absolute atomic E-state index is 5.15. The summed E-state index contributed by atoms with van der Waals surface area (Å²) in [4.78, 5) is 15.3. The van der Waals surface area contributed by atoms with Gasteiger partial charge in [-0.25, -0.2) is 9.97 Å². The first-order valence-electron chi connectivity index (χ1n) is 18.3. The van der Waals surface area contributed by atoms with E-state index in [1.807, 2.05) is 12.3 Å². The fourth-order valence-corrected chi connectivity index (χ4v) is 8.59. The van der Waals surface area contributed by atoms with Crippen molar-refractivity contribution in [1.29, 1.82) is 0 Å². The van der Waals surface area contributed by atoms with Crippen molar-refractivity contribution in [1.82, 2.24) is 23.8 Å². The molecule has 12 aromatic rings. The Balaban J connectivity index is 0.989. The van der Waals surface area contributed by atoms with Gasteiger partial charge in [-0.05, 0) is 88.3 Å². The number of para-hydroxylation sites is 6. The van der Waals surface area contributed by atoms with Gasteiger partial charge in [0.05, 0.1) is 38.8 Å². The second-order valence-corrected chi connectivity index (χ2v) is 14.1. The van der Waals surface area contributed by atoms with Crippen molar-refractivity contribution in [3.05, 3.63) is 176 Å². The van der Waals surface area contributed by atoms with Crippen molar-refractivity contribution >= 4 is 76.7 Å². The molecule has 5 aromatic heterocycles. The quantitative estimate of drug-likeness (QED) is 0.174. The summed E-state index contributed by atoms with van der Waals surface area (Å²) in [5.74, 6) is 0. The Morgan fingerprint density at radius 1 is 0.315 bits per heavy atom. The second kappa shape index (κ2) is 11.1. The number of hydrogen-bond donors (Lipinski definition) is 0. The molecule has 5 heterocycles. The van der Waals surface area contributed by atoms with Crippen LogP contribution in [0.1, 0.15) is 0 Å². The summed E-state index contributed by atoms with van der Waals surface area (Å²) in [7, 11) is 0. The first-order chi connectivity index (χ1) is 26.8.